The lowest BCUT2D eigenvalue weighted by molar-refractivity contribution is -0.120. The molecule has 0 bridgehead atoms. The predicted octanol–water partition coefficient (Wildman–Crippen LogP) is 2.53. The highest BCUT2D eigenvalue weighted by Crippen LogP contribution is 2.37. The third-order valence-electron chi connectivity index (χ3n) is 6.37. The van der Waals surface area contributed by atoms with Gasteiger partial charge in [-0.1, -0.05) is 6.42 Å². The van der Waals surface area contributed by atoms with Gasteiger partial charge in [0.1, 0.15) is 16.9 Å². The Balaban J connectivity index is 1.36. The molecule has 0 radical (unpaired) electrons. The van der Waals surface area contributed by atoms with Gasteiger partial charge in [-0.25, -0.2) is 4.98 Å². The largest absolute Gasteiger partial charge is 0.366 e. The van der Waals surface area contributed by atoms with E-state index in [9.17, 15) is 14.9 Å². The lowest BCUT2D eigenvalue weighted by atomic mass is 10.1. The van der Waals surface area contributed by atoms with E-state index in [2.05, 4.69) is 26.2 Å². The van der Waals surface area contributed by atoms with Crippen molar-refractivity contribution in [1.29, 1.82) is 5.26 Å². The number of aryl methyl sites for hydroxylation is 1. The monoisotopic (exact) mass is 452 g/mol. The van der Waals surface area contributed by atoms with Crippen molar-refractivity contribution in [2.24, 2.45) is 5.73 Å². The number of nitriles is 1. The molecule has 1 aliphatic carbocycles. The van der Waals surface area contributed by atoms with E-state index in [4.69, 9.17) is 5.73 Å². The molecule has 0 unspecified atom stereocenters. The number of piperazine rings is 1. The summed E-state index contributed by atoms with van der Waals surface area (Å²) in [6.45, 7) is 4.82. The second-order valence-electron chi connectivity index (χ2n) is 8.34. The molecule has 2 aromatic rings. The molecule has 4 rings (SSSR count). The number of fused-ring (bicyclic) bond motifs is 1. The number of carbonyl (C=O) groups excluding carboxylic acids is 2. The number of hydrogen-bond acceptors (Lipinski definition) is 7. The quantitative estimate of drug-likeness (QED) is 0.674. The maximum absolute atomic E-state index is 13.0. The van der Waals surface area contributed by atoms with Crippen LogP contribution in [0.3, 0.4) is 0 Å². The second kappa shape index (κ2) is 9.67. The van der Waals surface area contributed by atoms with Crippen molar-refractivity contribution >= 4 is 34.0 Å². The van der Waals surface area contributed by atoms with Gasteiger partial charge in [-0.3, -0.25) is 14.5 Å². The summed E-state index contributed by atoms with van der Waals surface area (Å²) >= 11 is 1.57. The number of nitrogens with two attached hydrogens (primary N) is 1. The Hall–Kier alpha value is -2.96. The first kappa shape index (κ1) is 22.2. The van der Waals surface area contributed by atoms with Crippen molar-refractivity contribution < 1.29 is 9.59 Å². The molecule has 0 spiro atoms. The highest BCUT2D eigenvalue weighted by Gasteiger charge is 2.28. The molecule has 1 atom stereocenters. The standard InChI is InChI=1S/C23H28N6O2S/c1-15(22(31)27-23-18(13-24)17-5-3-2-4-6-19(17)32-23)28-9-11-29(12-10-28)20-8-7-16(14-26-20)21(25)30/h7-8,14-15H,2-6,9-12H2,1H3,(H2,25,30)(H,27,31)/t15-/m1/s1. The Bertz CT molecular complexity index is 1030. The molecule has 2 aromatic heterocycles. The molecular formula is C23H28N6O2S. The van der Waals surface area contributed by atoms with Crippen molar-refractivity contribution in [3.63, 3.8) is 0 Å². The Morgan fingerprint density at radius 3 is 2.59 bits per heavy atom. The van der Waals surface area contributed by atoms with Crippen LogP contribution >= 0.6 is 11.3 Å². The fraction of sp³-hybridized carbons (Fsp3) is 0.478. The Labute approximate surface area is 192 Å². The molecule has 1 aliphatic heterocycles. The minimum Gasteiger partial charge on any atom is -0.366 e. The molecule has 1 saturated heterocycles. The SMILES string of the molecule is C[C@H](C(=O)Nc1sc2c(c1C#N)CCCCC2)N1CCN(c2ccc(C(N)=O)cn2)CC1. The molecule has 9 heteroatoms. The third kappa shape index (κ3) is 4.61. The summed E-state index contributed by atoms with van der Waals surface area (Å²) in [7, 11) is 0. The summed E-state index contributed by atoms with van der Waals surface area (Å²) in [4.78, 5) is 34.1. The molecule has 8 nitrogen and oxygen atoms in total. The van der Waals surface area contributed by atoms with E-state index in [1.54, 1.807) is 23.5 Å². The summed E-state index contributed by atoms with van der Waals surface area (Å²) in [5, 5.41) is 13.4. The molecule has 2 aliphatic rings. The molecule has 0 saturated carbocycles. The Morgan fingerprint density at radius 1 is 1.19 bits per heavy atom. The number of amides is 2. The molecule has 32 heavy (non-hydrogen) atoms. The number of aromatic nitrogens is 1. The Morgan fingerprint density at radius 2 is 1.94 bits per heavy atom. The van der Waals surface area contributed by atoms with Crippen molar-refractivity contribution in [2.45, 2.75) is 45.1 Å². The van der Waals surface area contributed by atoms with E-state index in [0.29, 0.717) is 16.1 Å². The first-order valence-corrected chi connectivity index (χ1v) is 11.9. The van der Waals surface area contributed by atoms with Crippen LogP contribution in [0.15, 0.2) is 18.3 Å². The van der Waals surface area contributed by atoms with Crippen molar-refractivity contribution in [3.8, 4) is 6.07 Å². The number of anilines is 2. The van der Waals surface area contributed by atoms with Gasteiger partial charge in [-0.2, -0.15) is 5.26 Å². The van der Waals surface area contributed by atoms with E-state index < -0.39 is 5.91 Å². The highest BCUT2D eigenvalue weighted by atomic mass is 32.1. The number of nitrogens with zero attached hydrogens (tertiary/aromatic N) is 4. The van der Waals surface area contributed by atoms with Gasteiger partial charge in [0.15, 0.2) is 0 Å². The summed E-state index contributed by atoms with van der Waals surface area (Å²) in [5.41, 5.74) is 7.46. The van der Waals surface area contributed by atoms with Gasteiger partial charge in [0, 0.05) is 37.3 Å². The zero-order valence-electron chi connectivity index (χ0n) is 18.3. The second-order valence-corrected chi connectivity index (χ2v) is 9.44. The molecule has 3 N–H and O–H groups in total. The van der Waals surface area contributed by atoms with Gasteiger partial charge < -0.3 is 16.0 Å². The van der Waals surface area contributed by atoms with Crippen LogP contribution in [-0.2, 0) is 17.6 Å². The fourth-order valence-electron chi connectivity index (χ4n) is 4.39. The van der Waals surface area contributed by atoms with Crippen LogP contribution < -0.4 is 16.0 Å². The van der Waals surface area contributed by atoms with Crippen LogP contribution in [0.25, 0.3) is 0 Å². The molecule has 1 fully saturated rings. The van der Waals surface area contributed by atoms with Gasteiger partial charge in [0.05, 0.1) is 17.2 Å². The van der Waals surface area contributed by atoms with Gasteiger partial charge in [-0.05, 0) is 50.3 Å². The normalized spacial score (nSPS) is 17.7. The summed E-state index contributed by atoms with van der Waals surface area (Å²) in [6, 6.07) is 5.52. The molecular weight excluding hydrogens is 424 g/mol. The van der Waals surface area contributed by atoms with Crippen LogP contribution in [0.1, 0.15) is 52.5 Å². The molecule has 2 amide bonds. The highest BCUT2D eigenvalue weighted by molar-refractivity contribution is 7.16. The van der Waals surface area contributed by atoms with Crippen LogP contribution in [-0.4, -0.2) is 53.9 Å². The summed E-state index contributed by atoms with van der Waals surface area (Å²) < 4.78 is 0. The average Bonchev–Trinajstić information content (AvgIpc) is 2.97. The van der Waals surface area contributed by atoms with Crippen LogP contribution in [0, 0.1) is 11.3 Å². The maximum atomic E-state index is 13.0. The predicted molar refractivity (Wildman–Crippen MR) is 125 cm³/mol. The van der Waals surface area contributed by atoms with Gasteiger partial charge in [0.2, 0.25) is 11.8 Å². The smallest absolute Gasteiger partial charge is 0.250 e. The van der Waals surface area contributed by atoms with E-state index in [1.807, 2.05) is 6.92 Å². The topological polar surface area (TPSA) is 115 Å². The average molecular weight is 453 g/mol. The zero-order valence-corrected chi connectivity index (χ0v) is 19.1. The first-order valence-electron chi connectivity index (χ1n) is 11.1. The number of pyridine rings is 1. The fourth-order valence-corrected chi connectivity index (χ4v) is 5.63. The zero-order chi connectivity index (χ0) is 22.7. The number of carbonyl (C=O) groups is 2. The molecule has 0 aromatic carbocycles. The number of nitrogens with one attached hydrogen (secondary N) is 1. The van der Waals surface area contributed by atoms with Crippen molar-refractivity contribution in [3.05, 3.63) is 39.9 Å². The maximum Gasteiger partial charge on any atom is 0.250 e. The van der Waals surface area contributed by atoms with E-state index in [-0.39, 0.29) is 11.9 Å². The van der Waals surface area contributed by atoms with E-state index in [0.717, 1.165) is 63.2 Å². The molecule has 3 heterocycles. The third-order valence-corrected chi connectivity index (χ3v) is 7.57. The van der Waals surface area contributed by atoms with E-state index >= 15 is 0 Å². The van der Waals surface area contributed by atoms with Crippen molar-refractivity contribution in [2.75, 3.05) is 36.4 Å². The number of thiophene rings is 1. The van der Waals surface area contributed by atoms with Gasteiger partial charge in [-0.15, -0.1) is 11.3 Å². The number of rotatable bonds is 5. The minimum absolute atomic E-state index is 0.0738. The Kier molecular flexibility index (Phi) is 6.72. The van der Waals surface area contributed by atoms with E-state index in [1.165, 1.54) is 17.5 Å². The van der Waals surface area contributed by atoms with Crippen LogP contribution in [0.2, 0.25) is 0 Å². The summed E-state index contributed by atoms with van der Waals surface area (Å²) in [5.74, 6) is 0.233. The molecule has 168 valence electrons. The lowest BCUT2D eigenvalue weighted by Gasteiger charge is -2.37. The minimum atomic E-state index is -0.490. The lowest BCUT2D eigenvalue weighted by Crippen LogP contribution is -2.53. The van der Waals surface area contributed by atoms with Crippen LogP contribution in [0.5, 0.6) is 0 Å². The number of hydrogen-bond donors (Lipinski definition) is 2. The van der Waals surface area contributed by atoms with Crippen LogP contribution in [0.4, 0.5) is 10.8 Å². The number of primary amides is 1. The summed E-state index contributed by atoms with van der Waals surface area (Å²) in [6.07, 6.45) is 6.86. The van der Waals surface area contributed by atoms with Gasteiger partial charge >= 0.3 is 0 Å². The van der Waals surface area contributed by atoms with Gasteiger partial charge in [0.25, 0.3) is 0 Å². The first-order chi connectivity index (χ1) is 15.5. The van der Waals surface area contributed by atoms with Crippen molar-refractivity contribution in [1.82, 2.24) is 9.88 Å².